The fraction of sp³-hybridized carbons (Fsp3) is 0.688. The molecule has 2 rings (SSSR count). The molecule has 0 aliphatic heterocycles. The van der Waals surface area contributed by atoms with Crippen molar-refractivity contribution >= 4 is 5.69 Å². The summed E-state index contributed by atoms with van der Waals surface area (Å²) in [5, 5.41) is 3.23. The van der Waals surface area contributed by atoms with Gasteiger partial charge in [-0.15, -0.1) is 0 Å². The number of hydrogen-bond donors (Lipinski definition) is 1. The van der Waals surface area contributed by atoms with E-state index in [1.165, 1.54) is 43.4 Å². The lowest BCUT2D eigenvalue weighted by Crippen LogP contribution is -2.36. The predicted octanol–water partition coefficient (Wildman–Crippen LogP) is 3.21. The van der Waals surface area contributed by atoms with Gasteiger partial charge < -0.3 is 10.2 Å². The summed E-state index contributed by atoms with van der Waals surface area (Å²) >= 11 is 0. The van der Waals surface area contributed by atoms with Crippen LogP contribution in [0.4, 0.5) is 5.69 Å². The van der Waals surface area contributed by atoms with Crippen molar-refractivity contribution in [3.63, 3.8) is 0 Å². The quantitative estimate of drug-likeness (QED) is 0.882. The largest absolute Gasteiger partial charge is 0.371 e. The lowest BCUT2D eigenvalue weighted by molar-refractivity contribution is 0.313. The minimum absolute atomic E-state index is 0.695. The van der Waals surface area contributed by atoms with Crippen molar-refractivity contribution < 1.29 is 0 Å². The molecule has 0 saturated heterocycles. The van der Waals surface area contributed by atoms with Crippen LogP contribution in [-0.4, -0.2) is 25.1 Å². The lowest BCUT2D eigenvalue weighted by Gasteiger charge is -2.36. The van der Waals surface area contributed by atoms with Crippen molar-refractivity contribution in [2.45, 2.75) is 51.6 Å². The molecule has 0 radical (unpaired) electrons. The van der Waals surface area contributed by atoms with Crippen LogP contribution in [-0.2, 0) is 6.54 Å². The molecule has 1 saturated carbocycles. The maximum atomic E-state index is 4.25. The molecule has 0 bridgehead atoms. The lowest BCUT2D eigenvalue weighted by atomic mass is 9.84. The molecule has 0 amide bonds. The zero-order valence-corrected chi connectivity index (χ0v) is 12.5. The Morgan fingerprint density at radius 3 is 2.68 bits per heavy atom. The van der Waals surface area contributed by atoms with E-state index in [-0.39, 0.29) is 0 Å². The van der Waals surface area contributed by atoms with Crippen LogP contribution in [0.2, 0.25) is 0 Å². The molecule has 3 heteroatoms. The van der Waals surface area contributed by atoms with Crippen LogP contribution in [0.3, 0.4) is 0 Å². The van der Waals surface area contributed by atoms with E-state index in [0.29, 0.717) is 6.04 Å². The minimum atomic E-state index is 0.695. The van der Waals surface area contributed by atoms with E-state index in [0.717, 1.165) is 12.5 Å². The topological polar surface area (TPSA) is 28.2 Å². The molecule has 0 aromatic carbocycles. The normalized spacial score (nSPS) is 23.3. The number of aromatic nitrogens is 1. The van der Waals surface area contributed by atoms with Gasteiger partial charge in [-0.3, -0.25) is 4.98 Å². The van der Waals surface area contributed by atoms with Crippen molar-refractivity contribution in [3.05, 3.63) is 24.0 Å². The Hall–Kier alpha value is -1.09. The van der Waals surface area contributed by atoms with Gasteiger partial charge in [0, 0.05) is 43.3 Å². The highest BCUT2D eigenvalue weighted by atomic mass is 15.1. The van der Waals surface area contributed by atoms with Gasteiger partial charge in [-0.2, -0.15) is 0 Å². The first-order valence-corrected chi connectivity index (χ1v) is 7.56. The van der Waals surface area contributed by atoms with E-state index < -0.39 is 0 Å². The van der Waals surface area contributed by atoms with E-state index in [9.17, 15) is 0 Å². The van der Waals surface area contributed by atoms with Gasteiger partial charge in [0.1, 0.15) is 0 Å². The molecule has 106 valence electrons. The second-order valence-electron chi connectivity index (χ2n) is 5.73. The third-order valence-electron chi connectivity index (χ3n) is 4.57. The van der Waals surface area contributed by atoms with Crippen molar-refractivity contribution in [2.24, 2.45) is 5.92 Å². The molecule has 1 aromatic rings. The highest BCUT2D eigenvalue weighted by molar-refractivity contribution is 5.52. The average molecular weight is 261 g/mol. The van der Waals surface area contributed by atoms with Gasteiger partial charge in [0.15, 0.2) is 0 Å². The Labute approximate surface area is 117 Å². The number of nitrogens with zero attached hydrogens (tertiary/aromatic N) is 2. The molecule has 0 spiro atoms. The second kappa shape index (κ2) is 6.90. The number of hydrogen-bond acceptors (Lipinski definition) is 3. The first-order chi connectivity index (χ1) is 9.26. The smallest absolute Gasteiger partial charge is 0.0442 e. The second-order valence-corrected chi connectivity index (χ2v) is 5.73. The maximum Gasteiger partial charge on any atom is 0.0442 e. The number of anilines is 1. The zero-order chi connectivity index (χ0) is 13.7. The van der Waals surface area contributed by atoms with Gasteiger partial charge >= 0.3 is 0 Å². The molecule has 1 heterocycles. The molecule has 1 aliphatic rings. The van der Waals surface area contributed by atoms with Gasteiger partial charge in [0.2, 0.25) is 0 Å². The molecule has 0 unspecified atom stereocenters. The van der Waals surface area contributed by atoms with Crippen LogP contribution in [0.15, 0.2) is 18.5 Å². The highest BCUT2D eigenvalue weighted by Crippen LogP contribution is 2.32. The summed E-state index contributed by atoms with van der Waals surface area (Å²) in [6.07, 6.45) is 10.7. The molecule has 1 aromatic heterocycles. The molecule has 1 aliphatic carbocycles. The molecule has 0 atom stereocenters. The monoisotopic (exact) mass is 261 g/mol. The summed E-state index contributed by atoms with van der Waals surface area (Å²) in [7, 11) is 4.23. The van der Waals surface area contributed by atoms with Crippen LogP contribution in [0, 0.1) is 5.92 Å². The van der Waals surface area contributed by atoms with Crippen LogP contribution in [0.5, 0.6) is 0 Å². The third kappa shape index (κ3) is 3.47. The van der Waals surface area contributed by atoms with Gasteiger partial charge in [-0.1, -0.05) is 13.3 Å². The molecule has 1 N–H and O–H groups in total. The van der Waals surface area contributed by atoms with Crippen molar-refractivity contribution in [1.29, 1.82) is 0 Å². The summed E-state index contributed by atoms with van der Waals surface area (Å²) in [6, 6.07) is 2.85. The van der Waals surface area contributed by atoms with Crippen LogP contribution < -0.4 is 10.2 Å². The van der Waals surface area contributed by atoms with Gasteiger partial charge in [-0.25, -0.2) is 0 Å². The SMILES string of the molecule is CCC1CCC(N(C)c2ccncc2CNC)CC1. The Morgan fingerprint density at radius 1 is 1.32 bits per heavy atom. The summed E-state index contributed by atoms with van der Waals surface area (Å²) in [6.45, 7) is 3.21. The van der Waals surface area contributed by atoms with E-state index in [1.807, 2.05) is 19.4 Å². The van der Waals surface area contributed by atoms with E-state index in [1.54, 1.807) is 0 Å². The Balaban J connectivity index is 2.05. The third-order valence-corrected chi connectivity index (χ3v) is 4.57. The van der Waals surface area contributed by atoms with E-state index >= 15 is 0 Å². The Bertz CT molecular complexity index is 383. The summed E-state index contributed by atoms with van der Waals surface area (Å²) in [5.41, 5.74) is 2.63. The van der Waals surface area contributed by atoms with Gasteiger partial charge in [0.25, 0.3) is 0 Å². The number of nitrogens with one attached hydrogen (secondary N) is 1. The number of rotatable bonds is 5. The molecule has 1 fully saturated rings. The fourth-order valence-corrected chi connectivity index (χ4v) is 3.23. The van der Waals surface area contributed by atoms with E-state index in [4.69, 9.17) is 0 Å². The summed E-state index contributed by atoms with van der Waals surface area (Å²) < 4.78 is 0. The van der Waals surface area contributed by atoms with Crippen LogP contribution >= 0.6 is 0 Å². The van der Waals surface area contributed by atoms with Crippen molar-refractivity contribution in [1.82, 2.24) is 10.3 Å². The summed E-state index contributed by atoms with van der Waals surface area (Å²) in [4.78, 5) is 6.72. The molecule has 3 nitrogen and oxygen atoms in total. The molecular formula is C16H27N3. The minimum Gasteiger partial charge on any atom is -0.371 e. The maximum absolute atomic E-state index is 4.25. The Morgan fingerprint density at radius 2 is 2.05 bits per heavy atom. The zero-order valence-electron chi connectivity index (χ0n) is 12.5. The van der Waals surface area contributed by atoms with Crippen LogP contribution in [0.1, 0.15) is 44.6 Å². The number of pyridine rings is 1. The standard InChI is InChI=1S/C16H27N3/c1-4-13-5-7-15(8-6-13)19(3)16-9-10-18-12-14(16)11-17-2/h9-10,12-13,15,17H,4-8,11H2,1-3H3. The van der Waals surface area contributed by atoms with E-state index in [2.05, 4.69) is 35.2 Å². The van der Waals surface area contributed by atoms with Crippen molar-refractivity contribution in [3.8, 4) is 0 Å². The average Bonchev–Trinajstić information content (AvgIpc) is 2.47. The van der Waals surface area contributed by atoms with Crippen molar-refractivity contribution in [2.75, 3.05) is 19.0 Å². The molecular weight excluding hydrogens is 234 g/mol. The molecule has 19 heavy (non-hydrogen) atoms. The van der Waals surface area contributed by atoms with Gasteiger partial charge in [-0.05, 0) is 44.7 Å². The first kappa shape index (κ1) is 14.3. The predicted molar refractivity (Wildman–Crippen MR) is 81.4 cm³/mol. The highest BCUT2D eigenvalue weighted by Gasteiger charge is 2.24. The fourth-order valence-electron chi connectivity index (χ4n) is 3.23. The Kier molecular flexibility index (Phi) is 5.20. The summed E-state index contributed by atoms with van der Waals surface area (Å²) in [5.74, 6) is 0.957. The first-order valence-electron chi connectivity index (χ1n) is 7.56. The van der Waals surface area contributed by atoms with Crippen LogP contribution in [0.25, 0.3) is 0 Å². The van der Waals surface area contributed by atoms with Gasteiger partial charge in [0.05, 0.1) is 0 Å².